The molecule has 27 heavy (non-hydrogen) atoms. The van der Waals surface area contributed by atoms with Gasteiger partial charge in [-0.1, -0.05) is 43.7 Å². The molecule has 1 atom stereocenters. The van der Waals surface area contributed by atoms with E-state index in [4.69, 9.17) is 0 Å². The van der Waals surface area contributed by atoms with E-state index < -0.39 is 0 Å². The second kappa shape index (κ2) is 7.72. The van der Waals surface area contributed by atoms with E-state index in [1.54, 1.807) is 4.90 Å². The highest BCUT2D eigenvalue weighted by Crippen LogP contribution is 2.36. The summed E-state index contributed by atoms with van der Waals surface area (Å²) in [7, 11) is 0. The summed E-state index contributed by atoms with van der Waals surface area (Å²) in [6.07, 6.45) is 4.53. The van der Waals surface area contributed by atoms with Gasteiger partial charge in [-0.05, 0) is 37.9 Å². The molecule has 0 spiro atoms. The van der Waals surface area contributed by atoms with Gasteiger partial charge in [0.2, 0.25) is 0 Å². The first-order valence-electron chi connectivity index (χ1n) is 10.1. The molecule has 0 aliphatic carbocycles. The molecule has 3 aliphatic rings. The molecule has 6 heteroatoms. The highest BCUT2D eigenvalue weighted by Gasteiger charge is 2.44. The second-order valence-corrected chi connectivity index (χ2v) is 7.63. The van der Waals surface area contributed by atoms with Crippen molar-refractivity contribution in [1.29, 1.82) is 0 Å². The van der Waals surface area contributed by atoms with Crippen LogP contribution in [0.1, 0.15) is 44.2 Å². The van der Waals surface area contributed by atoms with Crippen molar-refractivity contribution in [2.75, 3.05) is 32.8 Å². The molecule has 0 bridgehead atoms. The Bertz CT molecular complexity index is 740. The third-order valence-electron chi connectivity index (χ3n) is 5.70. The van der Waals surface area contributed by atoms with Gasteiger partial charge in [-0.25, -0.2) is 4.79 Å². The van der Waals surface area contributed by atoms with Crippen LogP contribution in [0.25, 0.3) is 0 Å². The lowest BCUT2D eigenvalue weighted by Crippen LogP contribution is -2.47. The van der Waals surface area contributed by atoms with Crippen LogP contribution in [0.3, 0.4) is 0 Å². The highest BCUT2D eigenvalue weighted by atomic mass is 16.2. The first kappa shape index (κ1) is 18.0. The van der Waals surface area contributed by atoms with Crippen LogP contribution in [0.15, 0.2) is 41.6 Å². The van der Waals surface area contributed by atoms with Crippen molar-refractivity contribution in [2.24, 2.45) is 0 Å². The Hall–Kier alpha value is -2.34. The summed E-state index contributed by atoms with van der Waals surface area (Å²) in [5, 5.41) is 3.06. The van der Waals surface area contributed by atoms with Crippen LogP contribution in [0.5, 0.6) is 0 Å². The normalized spacial score (nSPS) is 23.7. The number of piperidine rings is 1. The van der Waals surface area contributed by atoms with Crippen molar-refractivity contribution in [1.82, 2.24) is 20.0 Å². The molecule has 1 fully saturated rings. The smallest absolute Gasteiger partial charge is 0.322 e. The number of urea groups is 1. The van der Waals surface area contributed by atoms with Gasteiger partial charge in [0.25, 0.3) is 5.91 Å². The van der Waals surface area contributed by atoms with Crippen LogP contribution < -0.4 is 5.32 Å². The average molecular weight is 368 g/mol. The predicted octanol–water partition coefficient (Wildman–Crippen LogP) is 2.70. The molecule has 1 aromatic carbocycles. The zero-order valence-electron chi connectivity index (χ0n) is 16.0. The lowest BCUT2D eigenvalue weighted by atomic mass is 9.95. The molecule has 0 saturated carbocycles. The summed E-state index contributed by atoms with van der Waals surface area (Å²) < 4.78 is 0. The van der Waals surface area contributed by atoms with Crippen LogP contribution in [-0.2, 0) is 4.79 Å². The third kappa shape index (κ3) is 3.46. The molecule has 3 amide bonds. The fourth-order valence-electron chi connectivity index (χ4n) is 4.36. The maximum absolute atomic E-state index is 13.3. The molecule has 1 aromatic rings. The van der Waals surface area contributed by atoms with E-state index in [0.717, 1.165) is 36.3 Å². The van der Waals surface area contributed by atoms with Gasteiger partial charge in [-0.3, -0.25) is 14.6 Å². The van der Waals surface area contributed by atoms with E-state index in [0.29, 0.717) is 19.8 Å². The van der Waals surface area contributed by atoms with Crippen LogP contribution in [-0.4, -0.2) is 59.5 Å². The first-order chi connectivity index (χ1) is 13.2. The number of carbonyl (C=O) groups is 2. The van der Waals surface area contributed by atoms with Crippen molar-refractivity contribution in [3.63, 3.8) is 0 Å². The minimum Gasteiger partial charge on any atom is -0.326 e. The van der Waals surface area contributed by atoms with E-state index in [-0.39, 0.29) is 18.0 Å². The number of benzene rings is 1. The number of likely N-dealkylation sites (tertiary alicyclic amines) is 1. The quantitative estimate of drug-likeness (QED) is 0.869. The standard InChI is InChI=1S/C21H28N4O2/c1-2-11-25-17-14-24(15-23-12-7-4-8-13-23)20(26)18(17)19(22-21(25)27)16-9-5-3-6-10-16/h3,5-6,9-10,19H,2,4,7-8,11-15H2,1H3,(H,22,27). The number of hydrogen-bond donors (Lipinski definition) is 1. The SMILES string of the molecule is CCCN1C(=O)NC(c2ccccc2)C2=C1CN(CN1CCCCC1)C2=O. The monoisotopic (exact) mass is 368 g/mol. The minimum absolute atomic E-state index is 0.0607. The first-order valence-corrected chi connectivity index (χ1v) is 10.1. The highest BCUT2D eigenvalue weighted by molar-refractivity contribution is 6.01. The fourth-order valence-corrected chi connectivity index (χ4v) is 4.36. The van der Waals surface area contributed by atoms with Crippen LogP contribution in [0.2, 0.25) is 0 Å². The van der Waals surface area contributed by atoms with Crippen LogP contribution in [0.4, 0.5) is 4.79 Å². The van der Waals surface area contributed by atoms with Gasteiger partial charge in [0.05, 0.1) is 30.5 Å². The Labute approximate surface area is 160 Å². The zero-order chi connectivity index (χ0) is 18.8. The Kier molecular flexibility index (Phi) is 5.16. The van der Waals surface area contributed by atoms with Crippen molar-refractivity contribution < 1.29 is 9.59 Å². The van der Waals surface area contributed by atoms with Crippen molar-refractivity contribution in [3.8, 4) is 0 Å². The van der Waals surface area contributed by atoms with Gasteiger partial charge in [-0.2, -0.15) is 0 Å². The summed E-state index contributed by atoms with van der Waals surface area (Å²) in [5.74, 6) is 0.0607. The summed E-state index contributed by atoms with van der Waals surface area (Å²) >= 11 is 0. The largest absolute Gasteiger partial charge is 0.326 e. The molecule has 144 valence electrons. The Morgan fingerprint density at radius 2 is 1.81 bits per heavy atom. The summed E-state index contributed by atoms with van der Waals surface area (Å²) in [5.41, 5.74) is 2.59. The number of nitrogens with zero attached hydrogens (tertiary/aromatic N) is 3. The minimum atomic E-state index is -0.360. The predicted molar refractivity (Wildman–Crippen MR) is 104 cm³/mol. The maximum Gasteiger partial charge on any atom is 0.322 e. The molecule has 3 aliphatic heterocycles. The molecule has 1 saturated heterocycles. The lowest BCUT2D eigenvalue weighted by molar-refractivity contribution is -0.127. The van der Waals surface area contributed by atoms with Crippen molar-refractivity contribution in [3.05, 3.63) is 47.2 Å². The maximum atomic E-state index is 13.3. The molecule has 1 N–H and O–H groups in total. The van der Waals surface area contributed by atoms with Gasteiger partial charge in [0, 0.05) is 6.54 Å². The van der Waals surface area contributed by atoms with Gasteiger partial charge in [0.15, 0.2) is 0 Å². The molecular formula is C21H28N4O2. The van der Waals surface area contributed by atoms with E-state index in [1.807, 2.05) is 35.2 Å². The van der Waals surface area contributed by atoms with E-state index in [1.165, 1.54) is 19.3 Å². The number of rotatable bonds is 5. The van der Waals surface area contributed by atoms with Gasteiger partial charge in [-0.15, -0.1) is 0 Å². The summed E-state index contributed by atoms with van der Waals surface area (Å²) in [6, 6.07) is 9.34. The molecule has 0 aromatic heterocycles. The van der Waals surface area contributed by atoms with Gasteiger partial charge >= 0.3 is 6.03 Å². The van der Waals surface area contributed by atoms with E-state index in [2.05, 4.69) is 17.1 Å². The molecule has 0 radical (unpaired) electrons. The number of carbonyl (C=O) groups excluding carboxylic acids is 2. The Morgan fingerprint density at radius 1 is 1.07 bits per heavy atom. The van der Waals surface area contributed by atoms with E-state index in [9.17, 15) is 9.59 Å². The van der Waals surface area contributed by atoms with Crippen molar-refractivity contribution >= 4 is 11.9 Å². The second-order valence-electron chi connectivity index (χ2n) is 7.63. The molecule has 3 heterocycles. The zero-order valence-corrected chi connectivity index (χ0v) is 16.0. The average Bonchev–Trinajstić information content (AvgIpc) is 3.02. The Balaban J connectivity index is 1.63. The molecule has 6 nitrogen and oxygen atoms in total. The molecular weight excluding hydrogens is 340 g/mol. The van der Waals surface area contributed by atoms with E-state index >= 15 is 0 Å². The van der Waals surface area contributed by atoms with Gasteiger partial charge < -0.3 is 10.2 Å². The van der Waals surface area contributed by atoms with Crippen molar-refractivity contribution in [2.45, 2.75) is 38.6 Å². The lowest BCUT2D eigenvalue weighted by Gasteiger charge is -2.33. The number of hydrogen-bond acceptors (Lipinski definition) is 3. The summed E-state index contributed by atoms with van der Waals surface area (Å²) in [4.78, 5) is 32.1. The number of nitrogens with one attached hydrogen (secondary N) is 1. The third-order valence-corrected chi connectivity index (χ3v) is 5.70. The molecule has 1 unspecified atom stereocenters. The number of amides is 3. The fraction of sp³-hybridized carbons (Fsp3) is 0.524. The van der Waals surface area contributed by atoms with Gasteiger partial charge in [0.1, 0.15) is 0 Å². The molecule has 4 rings (SSSR count). The topological polar surface area (TPSA) is 55.9 Å². The van der Waals surface area contributed by atoms with Crippen LogP contribution in [0, 0.1) is 0 Å². The summed E-state index contributed by atoms with van der Waals surface area (Å²) in [6.45, 7) is 5.97. The Morgan fingerprint density at radius 3 is 2.52 bits per heavy atom. The van der Waals surface area contributed by atoms with Crippen LogP contribution >= 0.6 is 0 Å².